The highest BCUT2D eigenvalue weighted by Crippen LogP contribution is 2.17. The van der Waals surface area contributed by atoms with Crippen molar-refractivity contribution in [3.05, 3.63) is 50.4 Å². The maximum Gasteiger partial charge on any atom is 0.0660 e. The largest absolute Gasteiger partial charge is 0.255 e. The maximum absolute atomic E-state index is 4.35. The Morgan fingerprint density at radius 2 is 2.27 bits per heavy atom. The van der Waals surface area contributed by atoms with Crippen LogP contribution in [0.2, 0.25) is 0 Å². The van der Waals surface area contributed by atoms with Gasteiger partial charge in [0.2, 0.25) is 0 Å². The molecule has 2 rings (SSSR count). The second-order valence-electron chi connectivity index (χ2n) is 3.20. The average molecular weight is 280 g/mol. The Balaban J connectivity index is 2.24. The van der Waals surface area contributed by atoms with Crippen molar-refractivity contribution in [2.24, 2.45) is 0 Å². The predicted octanol–water partition coefficient (Wildman–Crippen LogP) is 4.38. The van der Waals surface area contributed by atoms with Crippen LogP contribution in [0, 0.1) is 6.92 Å². The second kappa shape index (κ2) is 4.73. The minimum atomic E-state index is 1.02. The smallest absolute Gasteiger partial charge is 0.0660 e. The predicted molar refractivity (Wildman–Crippen MR) is 69.9 cm³/mol. The minimum absolute atomic E-state index is 1.02. The van der Waals surface area contributed by atoms with E-state index in [4.69, 9.17) is 0 Å². The molecule has 76 valence electrons. The summed E-state index contributed by atoms with van der Waals surface area (Å²) in [4.78, 5) is 5.60. The number of hydrogen-bond donors (Lipinski definition) is 0. The van der Waals surface area contributed by atoms with Gasteiger partial charge in [0.15, 0.2) is 0 Å². The van der Waals surface area contributed by atoms with Crippen molar-refractivity contribution in [1.82, 2.24) is 4.98 Å². The van der Waals surface area contributed by atoms with Crippen molar-refractivity contribution < 1.29 is 0 Å². The molecule has 1 nitrogen and oxygen atoms in total. The number of halogens is 1. The third kappa shape index (κ3) is 2.76. The lowest BCUT2D eigenvalue weighted by Gasteiger charge is -1.98. The van der Waals surface area contributed by atoms with Crippen molar-refractivity contribution in [2.75, 3.05) is 0 Å². The van der Waals surface area contributed by atoms with Crippen molar-refractivity contribution in [3.8, 4) is 0 Å². The number of nitrogens with zero attached hydrogens (tertiary/aromatic N) is 1. The fourth-order valence-corrected chi connectivity index (χ4v) is 2.34. The Hall–Kier alpha value is -0.930. The van der Waals surface area contributed by atoms with Crippen molar-refractivity contribution in [3.63, 3.8) is 0 Å². The molecule has 0 unspecified atom stereocenters. The van der Waals surface area contributed by atoms with Crippen molar-refractivity contribution in [2.45, 2.75) is 6.92 Å². The van der Waals surface area contributed by atoms with Gasteiger partial charge in [0.05, 0.1) is 5.69 Å². The molecule has 0 spiro atoms. The zero-order valence-electron chi connectivity index (χ0n) is 8.27. The fraction of sp³-hybridized carbons (Fsp3) is 0.0833. The first-order valence-electron chi connectivity index (χ1n) is 4.59. The summed E-state index contributed by atoms with van der Waals surface area (Å²) >= 11 is 5.13. The maximum atomic E-state index is 4.35. The molecule has 0 N–H and O–H groups in total. The van der Waals surface area contributed by atoms with E-state index in [1.54, 1.807) is 11.3 Å². The van der Waals surface area contributed by atoms with Gasteiger partial charge in [-0.2, -0.15) is 0 Å². The molecule has 0 saturated heterocycles. The molecule has 0 bridgehead atoms. The van der Waals surface area contributed by atoms with Gasteiger partial charge in [0, 0.05) is 15.5 Å². The summed E-state index contributed by atoms with van der Waals surface area (Å²) in [5, 5.41) is 2.07. The summed E-state index contributed by atoms with van der Waals surface area (Å²) in [6.07, 6.45) is 5.96. The van der Waals surface area contributed by atoms with Crippen LogP contribution in [0.1, 0.15) is 16.1 Å². The Labute approximate surface area is 102 Å². The third-order valence-electron chi connectivity index (χ3n) is 2.03. The topological polar surface area (TPSA) is 12.9 Å². The number of hydrogen-bond acceptors (Lipinski definition) is 2. The number of thiophene rings is 1. The van der Waals surface area contributed by atoms with Crippen LogP contribution >= 0.6 is 27.3 Å². The lowest BCUT2D eigenvalue weighted by atomic mass is 10.2. The van der Waals surface area contributed by atoms with Crippen LogP contribution in [0.25, 0.3) is 12.2 Å². The van der Waals surface area contributed by atoms with Crippen LogP contribution < -0.4 is 0 Å². The molecule has 2 aromatic rings. The molecule has 0 atom stereocenters. The van der Waals surface area contributed by atoms with Gasteiger partial charge >= 0.3 is 0 Å². The van der Waals surface area contributed by atoms with E-state index in [9.17, 15) is 0 Å². The number of pyridine rings is 1. The molecule has 2 aromatic heterocycles. The van der Waals surface area contributed by atoms with E-state index in [-0.39, 0.29) is 0 Å². The van der Waals surface area contributed by atoms with Crippen LogP contribution in [0.5, 0.6) is 0 Å². The molecule has 0 aliphatic heterocycles. The molecule has 0 aliphatic rings. The van der Waals surface area contributed by atoms with E-state index in [2.05, 4.69) is 51.4 Å². The van der Waals surface area contributed by atoms with Gasteiger partial charge in [-0.3, -0.25) is 4.98 Å². The highest BCUT2D eigenvalue weighted by Gasteiger charge is 1.96. The summed E-state index contributed by atoms with van der Waals surface area (Å²) in [6, 6.07) is 6.21. The molecule has 0 radical (unpaired) electrons. The van der Waals surface area contributed by atoms with Gasteiger partial charge in [-0.25, -0.2) is 0 Å². The van der Waals surface area contributed by atoms with Gasteiger partial charge in [0.1, 0.15) is 0 Å². The molecule has 0 aliphatic carbocycles. The van der Waals surface area contributed by atoms with Crippen molar-refractivity contribution >= 4 is 39.4 Å². The number of aromatic nitrogens is 1. The molecular formula is C12H10BrNS. The summed E-state index contributed by atoms with van der Waals surface area (Å²) in [7, 11) is 0. The molecule has 15 heavy (non-hydrogen) atoms. The van der Waals surface area contributed by atoms with Gasteiger partial charge in [-0.1, -0.05) is 6.07 Å². The molecule has 0 fully saturated rings. The quantitative estimate of drug-likeness (QED) is 0.795. The van der Waals surface area contributed by atoms with E-state index in [0.29, 0.717) is 0 Å². The molecule has 0 aromatic carbocycles. The van der Waals surface area contributed by atoms with Gasteiger partial charge < -0.3 is 0 Å². The fourth-order valence-electron chi connectivity index (χ4n) is 1.27. The lowest BCUT2D eigenvalue weighted by molar-refractivity contribution is 1.22. The molecular weight excluding hydrogens is 270 g/mol. The SMILES string of the molecule is Cc1cc(Br)cnc1/C=C/c1cccs1. The zero-order chi connectivity index (χ0) is 10.7. The summed E-state index contributed by atoms with van der Waals surface area (Å²) in [6.45, 7) is 2.06. The molecule has 2 heterocycles. The van der Waals surface area contributed by atoms with Crippen LogP contribution in [-0.4, -0.2) is 4.98 Å². The van der Waals surface area contributed by atoms with E-state index >= 15 is 0 Å². The van der Waals surface area contributed by atoms with E-state index < -0.39 is 0 Å². The summed E-state index contributed by atoms with van der Waals surface area (Å²) in [5.74, 6) is 0. The van der Waals surface area contributed by atoms with Gasteiger partial charge in [-0.15, -0.1) is 11.3 Å². The number of aryl methyl sites for hydroxylation is 1. The minimum Gasteiger partial charge on any atom is -0.255 e. The third-order valence-corrected chi connectivity index (χ3v) is 3.31. The zero-order valence-corrected chi connectivity index (χ0v) is 10.7. The monoisotopic (exact) mass is 279 g/mol. The first kappa shape index (κ1) is 10.6. The first-order chi connectivity index (χ1) is 7.25. The van der Waals surface area contributed by atoms with E-state index in [0.717, 1.165) is 10.2 Å². The Kier molecular flexibility index (Phi) is 3.34. The Bertz CT molecular complexity index is 474. The highest BCUT2D eigenvalue weighted by molar-refractivity contribution is 9.10. The van der Waals surface area contributed by atoms with Gasteiger partial charge in [-0.05, 0) is 58.1 Å². The standard InChI is InChI=1S/C12H10BrNS/c1-9-7-10(13)8-14-12(9)5-4-11-3-2-6-15-11/h2-8H,1H3/b5-4+. The van der Waals surface area contributed by atoms with Crippen LogP contribution in [-0.2, 0) is 0 Å². The van der Waals surface area contributed by atoms with Crippen molar-refractivity contribution in [1.29, 1.82) is 0 Å². The lowest BCUT2D eigenvalue weighted by Crippen LogP contribution is -1.85. The van der Waals surface area contributed by atoms with Crippen LogP contribution in [0.4, 0.5) is 0 Å². The van der Waals surface area contributed by atoms with E-state index in [1.165, 1.54) is 10.4 Å². The second-order valence-corrected chi connectivity index (χ2v) is 5.10. The summed E-state index contributed by atoms with van der Waals surface area (Å²) < 4.78 is 1.02. The molecule has 0 amide bonds. The van der Waals surface area contributed by atoms with Gasteiger partial charge in [0.25, 0.3) is 0 Å². The Morgan fingerprint density at radius 3 is 2.93 bits per heavy atom. The number of rotatable bonds is 2. The van der Waals surface area contributed by atoms with Crippen LogP contribution in [0.3, 0.4) is 0 Å². The highest BCUT2D eigenvalue weighted by atomic mass is 79.9. The average Bonchev–Trinajstić information content (AvgIpc) is 2.69. The molecule has 0 saturated carbocycles. The first-order valence-corrected chi connectivity index (χ1v) is 6.27. The summed E-state index contributed by atoms with van der Waals surface area (Å²) in [5.41, 5.74) is 2.20. The normalized spacial score (nSPS) is 11.1. The molecule has 3 heteroatoms. The Morgan fingerprint density at radius 1 is 1.40 bits per heavy atom. The van der Waals surface area contributed by atoms with E-state index in [1.807, 2.05) is 18.3 Å². The van der Waals surface area contributed by atoms with Crippen LogP contribution in [0.15, 0.2) is 34.2 Å².